The fraction of sp³-hybridized carbons (Fsp3) is 0.526. The first kappa shape index (κ1) is 19.2. The molecule has 0 bridgehead atoms. The molecule has 0 radical (unpaired) electrons. The van der Waals surface area contributed by atoms with Crippen LogP contribution in [0.25, 0.3) is 10.2 Å². The number of nitrogens with zero attached hydrogens (tertiary/aromatic N) is 4. The predicted octanol–water partition coefficient (Wildman–Crippen LogP) is 3.59. The molecule has 0 fully saturated rings. The molecule has 4 rings (SSSR count). The molecule has 148 valence electrons. The van der Waals surface area contributed by atoms with Crippen LogP contribution in [0, 0.1) is 5.92 Å². The van der Waals surface area contributed by atoms with Gasteiger partial charge in [0.05, 0.1) is 11.7 Å². The summed E-state index contributed by atoms with van der Waals surface area (Å²) in [5.74, 6) is 0.374. The molecule has 0 spiro atoms. The van der Waals surface area contributed by atoms with Gasteiger partial charge in [-0.2, -0.15) is 0 Å². The number of fused-ring (bicyclic) bond motifs is 3. The number of carbonyl (C=O) groups excluding carboxylic acids is 1. The van der Waals surface area contributed by atoms with E-state index >= 15 is 0 Å². The average Bonchev–Trinajstić information content (AvgIpc) is 3.27. The standard InChI is InChI=1S/C19H23N5O2S2/c1-4-12(16(25)21-19-23-22-14(5-2)28-19)24-9-20-17-15(18(24)26)11-7-6-10(3)8-13(11)27-17/h9-10,12H,4-8H2,1-3H3,(H,21,23,25). The van der Waals surface area contributed by atoms with E-state index in [9.17, 15) is 9.59 Å². The van der Waals surface area contributed by atoms with Crippen molar-refractivity contribution in [3.05, 3.63) is 32.1 Å². The normalized spacial score (nSPS) is 17.5. The van der Waals surface area contributed by atoms with Crippen molar-refractivity contribution in [3.8, 4) is 0 Å². The number of hydrogen-bond acceptors (Lipinski definition) is 7. The Bertz CT molecular complexity index is 1080. The monoisotopic (exact) mass is 417 g/mol. The summed E-state index contributed by atoms with van der Waals surface area (Å²) in [5, 5.41) is 12.9. The second kappa shape index (κ2) is 7.71. The highest BCUT2D eigenvalue weighted by Crippen LogP contribution is 2.35. The minimum Gasteiger partial charge on any atom is -0.299 e. The largest absolute Gasteiger partial charge is 0.299 e. The highest BCUT2D eigenvalue weighted by Gasteiger charge is 2.26. The number of nitrogens with one attached hydrogen (secondary N) is 1. The van der Waals surface area contributed by atoms with Crippen LogP contribution in [0.15, 0.2) is 11.1 Å². The van der Waals surface area contributed by atoms with Gasteiger partial charge in [0.15, 0.2) is 0 Å². The van der Waals surface area contributed by atoms with E-state index in [-0.39, 0.29) is 11.5 Å². The molecule has 0 aliphatic heterocycles. The molecule has 0 saturated heterocycles. The molecule has 1 aliphatic rings. The Morgan fingerprint density at radius 2 is 2.18 bits per heavy atom. The van der Waals surface area contributed by atoms with E-state index in [1.54, 1.807) is 11.3 Å². The highest BCUT2D eigenvalue weighted by atomic mass is 32.1. The van der Waals surface area contributed by atoms with Crippen molar-refractivity contribution < 1.29 is 4.79 Å². The maximum absolute atomic E-state index is 13.3. The molecule has 1 aliphatic carbocycles. The Balaban J connectivity index is 1.69. The molecule has 28 heavy (non-hydrogen) atoms. The summed E-state index contributed by atoms with van der Waals surface area (Å²) in [6.45, 7) is 6.13. The lowest BCUT2D eigenvalue weighted by Crippen LogP contribution is -2.33. The third-order valence-corrected chi connectivity index (χ3v) is 7.41. The first-order valence-electron chi connectivity index (χ1n) is 9.66. The van der Waals surface area contributed by atoms with E-state index in [0.29, 0.717) is 22.9 Å². The molecule has 1 N–H and O–H groups in total. The van der Waals surface area contributed by atoms with Crippen LogP contribution in [0.5, 0.6) is 0 Å². The highest BCUT2D eigenvalue weighted by molar-refractivity contribution is 7.18. The van der Waals surface area contributed by atoms with Crippen molar-refractivity contribution >= 4 is 43.9 Å². The lowest BCUT2D eigenvalue weighted by Gasteiger charge is -2.18. The molecular weight excluding hydrogens is 394 g/mol. The van der Waals surface area contributed by atoms with Crippen LogP contribution in [0.1, 0.15) is 55.1 Å². The Morgan fingerprint density at radius 3 is 2.89 bits per heavy atom. The molecule has 0 saturated carbocycles. The van der Waals surface area contributed by atoms with Crippen LogP contribution in [0.2, 0.25) is 0 Å². The predicted molar refractivity (Wildman–Crippen MR) is 112 cm³/mol. The lowest BCUT2D eigenvalue weighted by atomic mass is 9.89. The van der Waals surface area contributed by atoms with Gasteiger partial charge in [-0.25, -0.2) is 4.98 Å². The number of amides is 1. The van der Waals surface area contributed by atoms with Gasteiger partial charge < -0.3 is 0 Å². The van der Waals surface area contributed by atoms with Gasteiger partial charge in [0.2, 0.25) is 11.0 Å². The van der Waals surface area contributed by atoms with Crippen LogP contribution in [-0.2, 0) is 24.1 Å². The number of hydrogen-bond donors (Lipinski definition) is 1. The number of rotatable bonds is 5. The van der Waals surface area contributed by atoms with Gasteiger partial charge in [-0.15, -0.1) is 21.5 Å². The summed E-state index contributed by atoms with van der Waals surface area (Å²) in [5.41, 5.74) is 1.02. The molecule has 1 amide bonds. The Hall–Kier alpha value is -2.13. The van der Waals surface area contributed by atoms with E-state index in [2.05, 4.69) is 27.4 Å². The summed E-state index contributed by atoms with van der Waals surface area (Å²) in [7, 11) is 0. The van der Waals surface area contributed by atoms with Gasteiger partial charge in [-0.05, 0) is 43.6 Å². The maximum Gasteiger partial charge on any atom is 0.263 e. The van der Waals surface area contributed by atoms with Crippen molar-refractivity contribution in [2.45, 2.75) is 58.9 Å². The van der Waals surface area contributed by atoms with Crippen LogP contribution < -0.4 is 10.9 Å². The Morgan fingerprint density at radius 1 is 1.36 bits per heavy atom. The van der Waals surface area contributed by atoms with Gasteiger partial charge in [0, 0.05) is 4.88 Å². The quantitative estimate of drug-likeness (QED) is 0.685. The van der Waals surface area contributed by atoms with Crippen LogP contribution in [0.4, 0.5) is 5.13 Å². The Kier molecular flexibility index (Phi) is 5.29. The van der Waals surface area contributed by atoms with Crippen LogP contribution in [-0.4, -0.2) is 25.7 Å². The van der Waals surface area contributed by atoms with Gasteiger partial charge in [-0.1, -0.05) is 32.1 Å². The smallest absolute Gasteiger partial charge is 0.263 e. The molecule has 0 aromatic carbocycles. The molecule has 3 aromatic heterocycles. The molecule has 3 aromatic rings. The molecule has 2 unspecified atom stereocenters. The zero-order chi connectivity index (χ0) is 19.8. The van der Waals surface area contributed by atoms with E-state index in [0.717, 1.165) is 41.1 Å². The number of aryl methyl sites for hydroxylation is 2. The Labute approximate surface area is 170 Å². The summed E-state index contributed by atoms with van der Waals surface area (Å²) >= 11 is 2.98. The summed E-state index contributed by atoms with van der Waals surface area (Å²) in [6.07, 6.45) is 5.77. The van der Waals surface area contributed by atoms with E-state index in [4.69, 9.17) is 0 Å². The number of anilines is 1. The minimum absolute atomic E-state index is 0.120. The molecule has 2 atom stereocenters. The minimum atomic E-state index is -0.628. The van der Waals surface area contributed by atoms with Crippen molar-refractivity contribution in [2.24, 2.45) is 5.92 Å². The summed E-state index contributed by atoms with van der Waals surface area (Å²) in [6, 6.07) is -0.628. The molecular formula is C19H23N5O2S2. The summed E-state index contributed by atoms with van der Waals surface area (Å²) < 4.78 is 1.48. The van der Waals surface area contributed by atoms with Crippen LogP contribution >= 0.6 is 22.7 Å². The zero-order valence-corrected chi connectivity index (χ0v) is 17.8. The van der Waals surface area contributed by atoms with Gasteiger partial charge >= 0.3 is 0 Å². The van der Waals surface area contributed by atoms with Crippen molar-refractivity contribution in [1.82, 2.24) is 19.7 Å². The fourth-order valence-electron chi connectivity index (χ4n) is 3.71. The second-order valence-electron chi connectivity index (χ2n) is 7.26. The zero-order valence-electron chi connectivity index (χ0n) is 16.2. The van der Waals surface area contributed by atoms with Crippen LogP contribution in [0.3, 0.4) is 0 Å². The molecule has 9 heteroatoms. The number of aromatic nitrogens is 4. The van der Waals surface area contributed by atoms with Crippen molar-refractivity contribution in [2.75, 3.05) is 5.32 Å². The molecule has 7 nitrogen and oxygen atoms in total. The first-order valence-corrected chi connectivity index (χ1v) is 11.3. The van der Waals surface area contributed by atoms with E-state index in [1.807, 2.05) is 13.8 Å². The van der Waals surface area contributed by atoms with Crippen molar-refractivity contribution in [3.63, 3.8) is 0 Å². The van der Waals surface area contributed by atoms with E-state index < -0.39 is 6.04 Å². The lowest BCUT2D eigenvalue weighted by molar-refractivity contribution is -0.119. The van der Waals surface area contributed by atoms with Crippen molar-refractivity contribution in [1.29, 1.82) is 0 Å². The summed E-state index contributed by atoms with van der Waals surface area (Å²) in [4.78, 5) is 32.7. The SMILES string of the molecule is CCc1nnc(NC(=O)C(CC)n2cnc3sc4c(c3c2=O)CCC(C)C4)s1. The number of carbonyl (C=O) groups is 1. The average molecular weight is 418 g/mol. The third kappa shape index (κ3) is 3.37. The van der Waals surface area contributed by atoms with E-state index in [1.165, 1.54) is 27.1 Å². The topological polar surface area (TPSA) is 89.8 Å². The second-order valence-corrected chi connectivity index (χ2v) is 9.40. The first-order chi connectivity index (χ1) is 13.5. The van der Waals surface area contributed by atoms with Gasteiger partial charge in [0.25, 0.3) is 5.56 Å². The third-order valence-electron chi connectivity index (χ3n) is 5.27. The maximum atomic E-state index is 13.3. The number of thiophene rings is 1. The fourth-order valence-corrected chi connectivity index (χ4v) is 5.73. The van der Waals surface area contributed by atoms with Gasteiger partial charge in [0.1, 0.15) is 15.9 Å². The van der Waals surface area contributed by atoms with Gasteiger partial charge in [-0.3, -0.25) is 19.5 Å². The molecule has 3 heterocycles.